The molecule has 1 aliphatic rings. The number of amides is 1. The van der Waals surface area contributed by atoms with Crippen molar-refractivity contribution in [2.75, 3.05) is 11.4 Å². The topological polar surface area (TPSA) is 55.2 Å². The molecule has 0 aliphatic carbocycles. The molecule has 1 amide bonds. The van der Waals surface area contributed by atoms with Gasteiger partial charge in [0.1, 0.15) is 12.4 Å². The van der Waals surface area contributed by atoms with Crippen LogP contribution < -0.4 is 10.5 Å². The number of carbonyl (C=O) groups is 1. The smallest absolute Gasteiger partial charge is 0.261 e. The van der Waals surface area contributed by atoms with Gasteiger partial charge in [-0.3, -0.25) is 14.2 Å². The van der Waals surface area contributed by atoms with Gasteiger partial charge in [0.25, 0.3) is 5.56 Å². The first-order chi connectivity index (χ1) is 13.0. The number of hydrogen-bond acceptors (Lipinski definition) is 4. The van der Waals surface area contributed by atoms with Gasteiger partial charge in [-0.25, -0.2) is 4.98 Å². The Labute approximate surface area is 162 Å². The lowest BCUT2D eigenvalue weighted by atomic mass is 10.2. The molecular weight excluding hydrogens is 358 g/mol. The maximum atomic E-state index is 13.2. The van der Waals surface area contributed by atoms with Crippen molar-refractivity contribution in [2.24, 2.45) is 0 Å². The molecule has 138 valence electrons. The van der Waals surface area contributed by atoms with Crippen molar-refractivity contribution in [3.63, 3.8) is 0 Å². The van der Waals surface area contributed by atoms with Crippen molar-refractivity contribution < 1.29 is 4.79 Å². The van der Waals surface area contributed by atoms with E-state index in [0.29, 0.717) is 28.5 Å². The highest BCUT2D eigenvalue weighted by molar-refractivity contribution is 8.00. The molecule has 0 spiro atoms. The normalized spacial score (nSPS) is 16.8. The zero-order valence-electron chi connectivity index (χ0n) is 15.4. The Morgan fingerprint density at radius 2 is 1.93 bits per heavy atom. The van der Waals surface area contributed by atoms with Crippen molar-refractivity contribution in [3.05, 3.63) is 64.7 Å². The number of nitrogens with zero attached hydrogens (tertiary/aromatic N) is 3. The standard InChI is InChI=1S/C21H21N3O2S/c1-14-11-12-23(18-9-5-6-10-19(18)27-14)20(25)13-24-15(2)22-17-8-4-3-7-16(17)21(24)26/h3-10,14H,11-13H2,1-2H3. The van der Waals surface area contributed by atoms with Gasteiger partial charge in [0.2, 0.25) is 5.91 Å². The lowest BCUT2D eigenvalue weighted by Crippen LogP contribution is -2.38. The van der Waals surface area contributed by atoms with Crippen LogP contribution in [0.2, 0.25) is 0 Å². The first-order valence-electron chi connectivity index (χ1n) is 9.07. The van der Waals surface area contributed by atoms with Crippen LogP contribution in [0.1, 0.15) is 19.2 Å². The summed E-state index contributed by atoms with van der Waals surface area (Å²) in [7, 11) is 0. The van der Waals surface area contributed by atoms with E-state index in [1.165, 1.54) is 4.57 Å². The first kappa shape index (κ1) is 17.8. The summed E-state index contributed by atoms with van der Waals surface area (Å²) in [4.78, 5) is 33.5. The van der Waals surface area contributed by atoms with E-state index in [2.05, 4.69) is 18.0 Å². The second-order valence-corrected chi connectivity index (χ2v) is 8.28. The molecule has 2 aromatic carbocycles. The Morgan fingerprint density at radius 3 is 2.78 bits per heavy atom. The van der Waals surface area contributed by atoms with Crippen LogP contribution in [-0.2, 0) is 11.3 Å². The van der Waals surface area contributed by atoms with Crippen molar-refractivity contribution in [3.8, 4) is 0 Å². The van der Waals surface area contributed by atoms with Gasteiger partial charge in [0.05, 0.1) is 16.6 Å². The van der Waals surface area contributed by atoms with Crippen LogP contribution in [0.3, 0.4) is 0 Å². The summed E-state index contributed by atoms with van der Waals surface area (Å²) >= 11 is 1.79. The highest BCUT2D eigenvalue weighted by Gasteiger charge is 2.25. The highest BCUT2D eigenvalue weighted by atomic mass is 32.2. The fraction of sp³-hybridized carbons (Fsp3) is 0.286. The number of anilines is 1. The average molecular weight is 379 g/mol. The number of thioether (sulfide) groups is 1. The van der Waals surface area contributed by atoms with E-state index in [1.807, 2.05) is 41.3 Å². The largest absolute Gasteiger partial charge is 0.310 e. The number of aromatic nitrogens is 2. The zero-order valence-corrected chi connectivity index (χ0v) is 16.2. The van der Waals surface area contributed by atoms with Crippen molar-refractivity contribution in [1.82, 2.24) is 9.55 Å². The predicted octanol–water partition coefficient (Wildman–Crippen LogP) is 3.62. The fourth-order valence-corrected chi connectivity index (χ4v) is 4.54. The lowest BCUT2D eigenvalue weighted by molar-refractivity contribution is -0.119. The van der Waals surface area contributed by atoms with Gasteiger partial charge in [0, 0.05) is 16.7 Å². The summed E-state index contributed by atoms with van der Waals surface area (Å²) in [6.07, 6.45) is 0.912. The maximum absolute atomic E-state index is 13.2. The molecule has 0 N–H and O–H groups in total. The van der Waals surface area contributed by atoms with Crippen molar-refractivity contribution >= 4 is 34.3 Å². The quantitative estimate of drug-likeness (QED) is 0.682. The molecule has 0 saturated heterocycles. The Hall–Kier alpha value is -2.60. The minimum absolute atomic E-state index is 0.00408. The Morgan fingerprint density at radius 1 is 1.19 bits per heavy atom. The van der Waals surface area contributed by atoms with Crippen LogP contribution in [-0.4, -0.2) is 27.3 Å². The van der Waals surface area contributed by atoms with Gasteiger partial charge in [-0.2, -0.15) is 0 Å². The molecule has 0 saturated carbocycles. The lowest BCUT2D eigenvalue weighted by Gasteiger charge is -2.23. The molecule has 27 heavy (non-hydrogen) atoms. The summed E-state index contributed by atoms with van der Waals surface area (Å²) < 4.78 is 1.48. The molecule has 1 aromatic heterocycles. The molecule has 0 bridgehead atoms. The molecule has 0 radical (unpaired) electrons. The van der Waals surface area contributed by atoms with Crippen LogP contribution in [0, 0.1) is 6.92 Å². The van der Waals surface area contributed by atoms with Crippen LogP contribution in [0.5, 0.6) is 0 Å². The number of para-hydroxylation sites is 2. The van der Waals surface area contributed by atoms with E-state index in [4.69, 9.17) is 0 Å². The predicted molar refractivity (Wildman–Crippen MR) is 109 cm³/mol. The van der Waals surface area contributed by atoms with Crippen LogP contribution in [0.4, 0.5) is 5.69 Å². The van der Waals surface area contributed by atoms with Crippen LogP contribution in [0.25, 0.3) is 10.9 Å². The monoisotopic (exact) mass is 379 g/mol. The minimum atomic E-state index is -0.169. The number of aryl methyl sites for hydroxylation is 1. The summed E-state index contributed by atoms with van der Waals surface area (Å²) in [5.74, 6) is 0.470. The second-order valence-electron chi connectivity index (χ2n) is 6.80. The fourth-order valence-electron chi connectivity index (χ4n) is 3.43. The third kappa shape index (κ3) is 3.37. The zero-order chi connectivity index (χ0) is 19.0. The molecule has 5 nitrogen and oxygen atoms in total. The minimum Gasteiger partial charge on any atom is -0.310 e. The third-order valence-electron chi connectivity index (χ3n) is 4.89. The summed E-state index contributed by atoms with van der Waals surface area (Å²) in [6.45, 7) is 4.60. The molecule has 1 aliphatic heterocycles. The van der Waals surface area contributed by atoms with Crippen LogP contribution in [0.15, 0.2) is 58.2 Å². The summed E-state index contributed by atoms with van der Waals surface area (Å²) in [5.41, 5.74) is 1.42. The third-order valence-corrected chi connectivity index (χ3v) is 6.13. The number of carbonyl (C=O) groups excluding carboxylic acids is 1. The summed E-state index contributed by atoms with van der Waals surface area (Å²) in [5, 5.41) is 0.979. The van der Waals surface area contributed by atoms with Gasteiger partial charge in [-0.05, 0) is 37.6 Å². The van der Waals surface area contributed by atoms with Crippen molar-refractivity contribution in [2.45, 2.75) is 37.0 Å². The first-order valence-corrected chi connectivity index (χ1v) is 9.95. The Kier molecular flexibility index (Phi) is 4.74. The molecule has 0 fully saturated rings. The molecule has 2 heterocycles. The van der Waals surface area contributed by atoms with Gasteiger partial charge in [-0.1, -0.05) is 31.2 Å². The van der Waals surface area contributed by atoms with Gasteiger partial charge >= 0.3 is 0 Å². The highest BCUT2D eigenvalue weighted by Crippen LogP contribution is 2.37. The molecule has 3 aromatic rings. The molecule has 6 heteroatoms. The Balaban J connectivity index is 1.71. The number of fused-ring (bicyclic) bond motifs is 2. The van der Waals surface area contributed by atoms with Gasteiger partial charge < -0.3 is 4.90 Å². The number of hydrogen-bond donors (Lipinski definition) is 0. The Bertz CT molecular complexity index is 1080. The SMILES string of the molecule is Cc1nc2ccccc2c(=O)n1CC(=O)N1CCC(C)Sc2ccccc21. The molecule has 4 rings (SSSR count). The van der Waals surface area contributed by atoms with E-state index >= 15 is 0 Å². The number of rotatable bonds is 2. The maximum Gasteiger partial charge on any atom is 0.261 e. The van der Waals surface area contributed by atoms with Gasteiger partial charge in [-0.15, -0.1) is 11.8 Å². The average Bonchev–Trinajstić information content (AvgIpc) is 2.83. The summed E-state index contributed by atoms with van der Waals surface area (Å²) in [6, 6.07) is 15.2. The number of benzene rings is 2. The molecular formula is C21H21N3O2S. The van der Waals surface area contributed by atoms with Crippen LogP contribution >= 0.6 is 11.8 Å². The van der Waals surface area contributed by atoms with Gasteiger partial charge in [0.15, 0.2) is 0 Å². The van der Waals surface area contributed by atoms with Crippen molar-refractivity contribution in [1.29, 1.82) is 0 Å². The van der Waals surface area contributed by atoms with E-state index in [1.54, 1.807) is 24.8 Å². The molecule has 1 atom stereocenters. The molecule has 1 unspecified atom stereocenters. The van der Waals surface area contributed by atoms with E-state index < -0.39 is 0 Å². The van der Waals surface area contributed by atoms with E-state index in [0.717, 1.165) is 17.0 Å². The van der Waals surface area contributed by atoms with E-state index in [9.17, 15) is 9.59 Å². The van der Waals surface area contributed by atoms with E-state index in [-0.39, 0.29) is 18.0 Å². The second kappa shape index (κ2) is 7.19.